The summed E-state index contributed by atoms with van der Waals surface area (Å²) in [7, 11) is 2.05. The van der Waals surface area contributed by atoms with Gasteiger partial charge in [0.2, 0.25) is 0 Å². The molecule has 2 atom stereocenters. The van der Waals surface area contributed by atoms with Crippen LogP contribution in [0.3, 0.4) is 0 Å². The SMILES string of the molecule is Cc1ccc(NC(=O)N2CC(n3cc(C4NN=CCCN4C)cn3)C(c3ccc(Cl)cc3)=N2)cc1. The molecule has 2 N–H and O–H groups in total. The lowest BCUT2D eigenvalue weighted by Gasteiger charge is -2.24. The highest BCUT2D eigenvalue weighted by atomic mass is 35.5. The van der Waals surface area contributed by atoms with Crippen LogP contribution in [0.25, 0.3) is 0 Å². The fourth-order valence-corrected chi connectivity index (χ4v) is 4.32. The quantitative estimate of drug-likeness (QED) is 0.572. The Morgan fingerprint density at radius 3 is 2.69 bits per heavy atom. The molecule has 2 aliphatic rings. The van der Waals surface area contributed by atoms with Crippen LogP contribution in [0.4, 0.5) is 10.5 Å². The van der Waals surface area contributed by atoms with Crippen LogP contribution in [0.1, 0.15) is 35.3 Å². The van der Waals surface area contributed by atoms with Gasteiger partial charge in [0.15, 0.2) is 0 Å². The maximum Gasteiger partial charge on any atom is 0.342 e. The lowest BCUT2D eigenvalue weighted by atomic mass is 10.0. The molecule has 35 heavy (non-hydrogen) atoms. The van der Waals surface area contributed by atoms with Crippen LogP contribution in [0.5, 0.6) is 0 Å². The van der Waals surface area contributed by atoms with E-state index in [2.05, 4.69) is 32.9 Å². The number of halogens is 1. The average molecular weight is 491 g/mol. The number of hydrogen-bond donors (Lipinski definition) is 2. The van der Waals surface area contributed by atoms with Crippen molar-refractivity contribution in [3.05, 3.63) is 82.6 Å². The van der Waals surface area contributed by atoms with Gasteiger partial charge in [-0.05, 0) is 44.7 Å². The summed E-state index contributed by atoms with van der Waals surface area (Å²) in [4.78, 5) is 15.3. The minimum Gasteiger partial charge on any atom is -0.306 e. The normalized spacial score (nSPS) is 20.3. The van der Waals surface area contributed by atoms with Crippen LogP contribution in [0.15, 0.2) is 71.1 Å². The molecular formula is C25H27ClN8O. The molecule has 3 heterocycles. The summed E-state index contributed by atoms with van der Waals surface area (Å²) in [5, 5.41) is 18.7. The van der Waals surface area contributed by atoms with Crippen LogP contribution >= 0.6 is 11.6 Å². The number of amides is 2. The molecule has 180 valence electrons. The number of anilines is 1. The van der Waals surface area contributed by atoms with Crippen molar-refractivity contribution in [2.45, 2.75) is 25.6 Å². The highest BCUT2D eigenvalue weighted by Gasteiger charge is 2.34. The molecule has 3 aromatic rings. The maximum atomic E-state index is 13.1. The number of rotatable bonds is 4. The number of aromatic nitrogens is 2. The number of urea groups is 1. The summed E-state index contributed by atoms with van der Waals surface area (Å²) >= 11 is 6.11. The van der Waals surface area contributed by atoms with Gasteiger partial charge in [-0.15, -0.1) is 0 Å². The second-order valence-corrected chi connectivity index (χ2v) is 9.19. The third-order valence-corrected chi connectivity index (χ3v) is 6.42. The Balaban J connectivity index is 1.42. The number of carbonyl (C=O) groups excluding carboxylic acids is 1. The van der Waals surface area contributed by atoms with Gasteiger partial charge < -0.3 is 5.32 Å². The van der Waals surface area contributed by atoms with Gasteiger partial charge in [-0.1, -0.05) is 41.4 Å². The van der Waals surface area contributed by atoms with E-state index in [0.717, 1.165) is 41.1 Å². The molecule has 5 rings (SSSR count). The van der Waals surface area contributed by atoms with E-state index in [9.17, 15) is 4.79 Å². The van der Waals surface area contributed by atoms with Crippen LogP contribution in [0, 0.1) is 6.92 Å². The second-order valence-electron chi connectivity index (χ2n) is 8.75. The van der Waals surface area contributed by atoms with E-state index < -0.39 is 0 Å². The minimum atomic E-state index is -0.297. The van der Waals surface area contributed by atoms with Crippen molar-refractivity contribution in [3.8, 4) is 0 Å². The van der Waals surface area contributed by atoms with Crippen LogP contribution in [-0.4, -0.2) is 57.8 Å². The molecular weight excluding hydrogens is 464 g/mol. The van der Waals surface area contributed by atoms with E-state index in [1.54, 1.807) is 0 Å². The molecule has 10 heteroatoms. The van der Waals surface area contributed by atoms with Crippen molar-refractivity contribution in [2.75, 3.05) is 25.5 Å². The standard InChI is InChI=1S/C25H27ClN8O/c1-17-4-10-21(11-5-17)29-25(35)34-16-22(23(31-34)18-6-8-20(26)9-7-18)33-15-19(14-28-33)24-30-27-12-3-13-32(24)2/h4-12,14-15,22,24,30H,3,13,16H2,1-2H3,(H,29,35). The zero-order valence-electron chi connectivity index (χ0n) is 19.6. The van der Waals surface area contributed by atoms with Crippen molar-refractivity contribution in [3.63, 3.8) is 0 Å². The molecule has 2 unspecified atom stereocenters. The Kier molecular flexibility index (Phi) is 6.52. The molecule has 1 aromatic heterocycles. The summed E-state index contributed by atoms with van der Waals surface area (Å²) < 4.78 is 1.87. The number of aryl methyl sites for hydroxylation is 1. The molecule has 0 radical (unpaired) electrons. The highest BCUT2D eigenvalue weighted by Crippen LogP contribution is 2.27. The Morgan fingerprint density at radius 2 is 1.91 bits per heavy atom. The first-order valence-electron chi connectivity index (χ1n) is 11.5. The van der Waals surface area contributed by atoms with Gasteiger partial charge in [0.1, 0.15) is 12.2 Å². The third kappa shape index (κ3) is 5.06. The Hall–Kier alpha value is -3.69. The highest BCUT2D eigenvalue weighted by molar-refractivity contribution is 6.30. The number of hydrogen-bond acceptors (Lipinski definition) is 6. The first kappa shape index (κ1) is 23.1. The predicted octanol–water partition coefficient (Wildman–Crippen LogP) is 4.25. The van der Waals surface area contributed by atoms with E-state index >= 15 is 0 Å². The van der Waals surface area contributed by atoms with Gasteiger partial charge in [0, 0.05) is 40.8 Å². The lowest BCUT2D eigenvalue weighted by molar-refractivity contribution is 0.215. The molecule has 0 fully saturated rings. The van der Waals surface area contributed by atoms with E-state index in [1.807, 2.05) is 78.7 Å². The number of hydrazone groups is 2. The number of carbonyl (C=O) groups is 1. The topological polar surface area (TPSA) is 90.2 Å². The van der Waals surface area contributed by atoms with Crippen LogP contribution < -0.4 is 10.7 Å². The predicted molar refractivity (Wildman–Crippen MR) is 138 cm³/mol. The molecule has 0 saturated heterocycles. The van der Waals surface area contributed by atoms with Crippen LogP contribution in [0.2, 0.25) is 5.02 Å². The summed E-state index contributed by atoms with van der Waals surface area (Å²) in [6.07, 6.45) is 6.51. The van der Waals surface area contributed by atoms with E-state index in [0.29, 0.717) is 11.6 Å². The Bertz CT molecular complexity index is 1250. The largest absolute Gasteiger partial charge is 0.342 e. The maximum absolute atomic E-state index is 13.1. The summed E-state index contributed by atoms with van der Waals surface area (Å²) in [6.45, 7) is 3.25. The summed E-state index contributed by atoms with van der Waals surface area (Å²) in [5.74, 6) is 0. The number of nitrogens with zero attached hydrogens (tertiary/aromatic N) is 6. The van der Waals surface area contributed by atoms with Crippen molar-refractivity contribution < 1.29 is 4.79 Å². The van der Waals surface area contributed by atoms with Crippen molar-refractivity contribution in [1.29, 1.82) is 0 Å². The first-order chi connectivity index (χ1) is 17.0. The third-order valence-electron chi connectivity index (χ3n) is 6.16. The lowest BCUT2D eigenvalue weighted by Crippen LogP contribution is -2.32. The second kappa shape index (κ2) is 9.89. The molecule has 0 spiro atoms. The van der Waals surface area contributed by atoms with Gasteiger partial charge in [-0.3, -0.25) is 15.0 Å². The molecule has 2 amide bonds. The van der Waals surface area contributed by atoms with E-state index in [-0.39, 0.29) is 18.2 Å². The minimum absolute atomic E-state index is 0.0826. The van der Waals surface area contributed by atoms with Gasteiger partial charge in [0.05, 0.1) is 18.5 Å². The first-order valence-corrected chi connectivity index (χ1v) is 11.9. The van der Waals surface area contributed by atoms with Crippen molar-refractivity contribution >= 4 is 35.2 Å². The van der Waals surface area contributed by atoms with Gasteiger partial charge in [-0.25, -0.2) is 9.80 Å². The molecule has 2 aromatic carbocycles. The molecule has 0 bridgehead atoms. The van der Waals surface area contributed by atoms with Gasteiger partial charge in [0.25, 0.3) is 0 Å². The summed E-state index contributed by atoms with van der Waals surface area (Å²) in [5.41, 5.74) is 7.65. The van der Waals surface area contributed by atoms with Gasteiger partial charge >= 0.3 is 6.03 Å². The van der Waals surface area contributed by atoms with Gasteiger partial charge in [-0.2, -0.15) is 15.3 Å². The Morgan fingerprint density at radius 1 is 1.14 bits per heavy atom. The van der Waals surface area contributed by atoms with Crippen LogP contribution in [-0.2, 0) is 0 Å². The molecule has 2 aliphatic heterocycles. The Labute approximate surface area is 209 Å². The smallest absolute Gasteiger partial charge is 0.306 e. The number of benzene rings is 2. The molecule has 0 aliphatic carbocycles. The van der Waals surface area contributed by atoms with E-state index in [1.165, 1.54) is 5.01 Å². The zero-order valence-corrected chi connectivity index (χ0v) is 20.4. The van der Waals surface area contributed by atoms with E-state index in [4.69, 9.17) is 16.7 Å². The number of nitrogens with one attached hydrogen (secondary N) is 2. The van der Waals surface area contributed by atoms with Crippen molar-refractivity contribution in [2.24, 2.45) is 10.2 Å². The summed E-state index contributed by atoms with van der Waals surface area (Å²) in [6, 6.07) is 14.6. The molecule has 0 saturated carbocycles. The van der Waals surface area contributed by atoms with Crippen molar-refractivity contribution in [1.82, 2.24) is 25.1 Å². The molecule has 9 nitrogen and oxygen atoms in total. The fraction of sp³-hybridized carbons (Fsp3) is 0.280. The fourth-order valence-electron chi connectivity index (χ4n) is 4.19. The average Bonchev–Trinajstić information content (AvgIpc) is 3.46. The monoisotopic (exact) mass is 490 g/mol. The zero-order chi connectivity index (χ0) is 24.4.